The van der Waals surface area contributed by atoms with Gasteiger partial charge in [0, 0.05) is 53.1 Å². The smallest absolute Gasteiger partial charge is 0.485 e. The van der Waals surface area contributed by atoms with Crippen molar-refractivity contribution >= 4 is 79.4 Å². The Morgan fingerprint density at radius 2 is 0.704 bits per heavy atom. The van der Waals surface area contributed by atoms with Gasteiger partial charge in [-0.3, -0.25) is 0 Å². The van der Waals surface area contributed by atoms with Crippen molar-refractivity contribution < 1.29 is 45.6 Å². The number of hydrogen-bond donors (Lipinski definition) is 0. The number of halogens is 6. The van der Waals surface area contributed by atoms with Crippen molar-refractivity contribution in [3.8, 4) is 0 Å². The Balaban J connectivity index is 0.000000254. The van der Waals surface area contributed by atoms with E-state index < -0.39 is 15.6 Å². The van der Waals surface area contributed by atoms with Crippen LogP contribution < -0.4 is 0 Å². The molecule has 0 fully saturated rings. The topological polar surface area (TPSA) is 170 Å². The first kappa shape index (κ1) is 45.3. The molecule has 12 nitrogen and oxygen atoms in total. The average Bonchev–Trinajstić information content (AvgIpc) is 3.15. The molecule has 0 atom stereocenters. The van der Waals surface area contributed by atoms with Crippen molar-refractivity contribution in [2.75, 3.05) is 0 Å². The van der Waals surface area contributed by atoms with Crippen LogP contribution in [0.3, 0.4) is 0 Å². The van der Waals surface area contributed by atoms with E-state index in [0.717, 1.165) is 17.1 Å². The summed E-state index contributed by atoms with van der Waals surface area (Å²) in [7, 11) is -6.09. The van der Waals surface area contributed by atoms with E-state index in [9.17, 15) is 13.2 Å². The molecule has 3 aromatic carbocycles. The van der Waals surface area contributed by atoms with E-state index in [1.54, 1.807) is 110 Å². The molecule has 0 aliphatic carbocycles. The molecule has 0 N–H and O–H groups in total. The van der Waals surface area contributed by atoms with E-state index >= 15 is 0 Å². The van der Waals surface area contributed by atoms with E-state index in [4.69, 9.17) is 47.8 Å². The molecule has 0 amide bonds. The zero-order valence-electron chi connectivity index (χ0n) is 27.1. The number of aromatic nitrogens is 3. The molecule has 0 saturated heterocycles. The Labute approximate surface area is 335 Å². The summed E-state index contributed by atoms with van der Waals surface area (Å²) in [6.07, 6.45) is 5.03. The van der Waals surface area contributed by atoms with E-state index in [1.807, 2.05) is 36.4 Å². The summed E-state index contributed by atoms with van der Waals surface area (Å²) in [5.41, 5.74) is -3.38. The fourth-order valence-electron chi connectivity index (χ4n) is 3.09. The fourth-order valence-corrected chi connectivity index (χ4v) is 3.47. The normalized spacial score (nSPS) is 11.0. The predicted octanol–water partition coefficient (Wildman–Crippen LogP) is 12.5. The molecule has 0 unspecified atom stereocenters. The number of nitrogens with zero attached hydrogens (tertiary/aromatic N) is 9. The van der Waals surface area contributed by atoms with Crippen molar-refractivity contribution in [2.45, 2.75) is 5.51 Å². The first-order valence-electron chi connectivity index (χ1n) is 14.6. The number of alkyl halides is 3. The quantitative estimate of drug-likeness (QED) is 0.0697. The first-order valence-corrected chi connectivity index (χ1v) is 17.1. The molecule has 1 radical (unpaired) electrons. The van der Waals surface area contributed by atoms with Gasteiger partial charge < -0.3 is 4.55 Å². The molecular weight excluding hydrogens is 881 g/mol. The molecular formula is C34H24Cl3F3N9O3RhS-. The Morgan fingerprint density at radius 3 is 0.889 bits per heavy atom. The zero-order valence-corrected chi connectivity index (χ0v) is 31.8. The van der Waals surface area contributed by atoms with Crippen LogP contribution in [-0.4, -0.2) is 33.4 Å². The van der Waals surface area contributed by atoms with Crippen molar-refractivity contribution in [2.24, 2.45) is 30.7 Å². The Morgan fingerprint density at radius 1 is 0.463 bits per heavy atom. The summed E-state index contributed by atoms with van der Waals surface area (Å²) in [5, 5.41) is 26.1. The molecule has 281 valence electrons. The van der Waals surface area contributed by atoms with Crippen molar-refractivity contribution in [1.29, 1.82) is 0 Å². The van der Waals surface area contributed by atoms with Crippen LogP contribution in [0.15, 0.2) is 177 Å². The molecule has 3 heterocycles. The van der Waals surface area contributed by atoms with Gasteiger partial charge in [0.25, 0.3) is 0 Å². The number of hydrogen-bond acceptors (Lipinski definition) is 12. The van der Waals surface area contributed by atoms with Crippen LogP contribution in [0.25, 0.3) is 0 Å². The predicted molar refractivity (Wildman–Crippen MR) is 195 cm³/mol. The van der Waals surface area contributed by atoms with Gasteiger partial charge in [-0.05, 0) is 109 Å². The third-order valence-corrected chi connectivity index (χ3v) is 6.84. The standard InChI is InChI=1S/3C11H8ClN3.CHF3O3S.Rh/c3*12-9-4-6-10(7-5-9)14-15-11-3-1-2-8-13-11;2-1(3,4)8(5,6)7;/h3*1-8H;(H,5,6,7);/p-1. The maximum Gasteiger partial charge on any atom is 0.485 e. The van der Waals surface area contributed by atoms with Crippen LogP contribution >= 0.6 is 34.8 Å². The van der Waals surface area contributed by atoms with Gasteiger partial charge in [0.1, 0.15) is 0 Å². The minimum atomic E-state index is -6.09. The van der Waals surface area contributed by atoms with Gasteiger partial charge in [-0.2, -0.15) is 13.2 Å². The summed E-state index contributed by atoms with van der Waals surface area (Å²) in [6, 6.07) is 37.9. The third-order valence-electron chi connectivity index (χ3n) is 5.51. The zero-order chi connectivity index (χ0) is 38.5. The summed E-state index contributed by atoms with van der Waals surface area (Å²) >= 11 is 17.2. The molecule has 0 saturated carbocycles. The van der Waals surface area contributed by atoms with Crippen molar-refractivity contribution in [1.82, 2.24) is 15.0 Å². The summed E-state index contributed by atoms with van der Waals surface area (Å²) < 4.78 is 58.9. The molecule has 0 aliphatic heterocycles. The third kappa shape index (κ3) is 18.7. The summed E-state index contributed by atoms with van der Waals surface area (Å²) in [4.78, 5) is 12.1. The Kier molecular flexibility index (Phi) is 19.9. The van der Waals surface area contributed by atoms with Crippen LogP contribution in [0, 0.1) is 0 Å². The van der Waals surface area contributed by atoms with Crippen LogP contribution in [0.4, 0.5) is 47.7 Å². The number of benzene rings is 3. The molecule has 6 aromatic rings. The Hall–Kier alpha value is -4.90. The van der Waals surface area contributed by atoms with E-state index in [0.29, 0.717) is 32.5 Å². The minimum absolute atomic E-state index is 0. The summed E-state index contributed by atoms with van der Waals surface area (Å²) in [5.74, 6) is 1.77. The van der Waals surface area contributed by atoms with E-state index in [2.05, 4.69) is 45.6 Å². The first-order chi connectivity index (χ1) is 25.3. The number of azo groups is 3. The second-order valence-corrected chi connectivity index (χ2v) is 12.2. The molecule has 6 rings (SSSR count). The fraction of sp³-hybridized carbons (Fsp3) is 0.0294. The van der Waals surface area contributed by atoms with Gasteiger partial charge in [0.15, 0.2) is 27.6 Å². The van der Waals surface area contributed by atoms with Crippen LogP contribution in [0.5, 0.6) is 0 Å². The molecule has 0 spiro atoms. The van der Waals surface area contributed by atoms with Gasteiger partial charge >= 0.3 is 5.51 Å². The monoisotopic (exact) mass is 903 g/mol. The number of rotatable bonds is 6. The second-order valence-electron chi connectivity index (χ2n) is 9.49. The minimum Gasteiger partial charge on any atom is -0.741 e. The van der Waals surface area contributed by atoms with Crippen LogP contribution in [-0.2, 0) is 29.6 Å². The van der Waals surface area contributed by atoms with E-state index in [-0.39, 0.29) is 19.5 Å². The average molecular weight is 905 g/mol. The molecule has 20 heteroatoms. The van der Waals surface area contributed by atoms with Gasteiger partial charge in [-0.25, -0.2) is 23.4 Å². The van der Waals surface area contributed by atoms with Crippen molar-refractivity contribution in [3.05, 3.63) is 161 Å². The summed E-state index contributed by atoms with van der Waals surface area (Å²) in [6.45, 7) is 0. The molecule has 0 aliphatic rings. The maximum absolute atomic E-state index is 10.7. The van der Waals surface area contributed by atoms with E-state index in [1.165, 1.54) is 0 Å². The van der Waals surface area contributed by atoms with Crippen LogP contribution in [0.2, 0.25) is 15.1 Å². The van der Waals surface area contributed by atoms with Gasteiger partial charge in [0.05, 0.1) is 17.1 Å². The van der Waals surface area contributed by atoms with Crippen LogP contribution in [0.1, 0.15) is 0 Å². The van der Waals surface area contributed by atoms with Gasteiger partial charge in [0.2, 0.25) is 0 Å². The SMILES string of the molecule is Clc1ccc(N=Nc2ccccn2)cc1.Clc1ccc(N=Nc2ccccn2)cc1.Clc1ccc(N=Nc2ccccn2)cc1.O=S(=O)([O-])C(F)(F)F.[Rh]. The molecule has 3 aromatic heterocycles. The van der Waals surface area contributed by atoms with Gasteiger partial charge in [-0.1, -0.05) is 53.0 Å². The number of pyridine rings is 3. The Bertz CT molecular complexity index is 1940. The largest absolute Gasteiger partial charge is 0.741 e. The van der Waals surface area contributed by atoms with Crippen molar-refractivity contribution in [3.63, 3.8) is 0 Å². The van der Waals surface area contributed by atoms with Gasteiger partial charge in [-0.15, -0.1) is 30.7 Å². The second kappa shape index (κ2) is 23.7. The molecule has 0 bridgehead atoms. The maximum atomic E-state index is 10.7. The molecule has 54 heavy (non-hydrogen) atoms.